The molecular formula is C13H19NS. The van der Waals surface area contributed by atoms with Crippen LogP contribution in [0, 0.1) is 5.92 Å². The van der Waals surface area contributed by atoms with Gasteiger partial charge in [-0.2, -0.15) is 0 Å². The fourth-order valence-electron chi connectivity index (χ4n) is 1.96. The van der Waals surface area contributed by atoms with Crippen molar-refractivity contribution in [3.8, 4) is 0 Å². The molecule has 2 rings (SSSR count). The number of fused-ring (bicyclic) bond motifs is 1. The summed E-state index contributed by atoms with van der Waals surface area (Å²) in [5.41, 5.74) is 7.62. The van der Waals surface area contributed by atoms with Crippen LogP contribution in [0.15, 0.2) is 29.2 Å². The van der Waals surface area contributed by atoms with Crippen LogP contribution in [0.5, 0.6) is 0 Å². The molecule has 1 aliphatic heterocycles. The van der Waals surface area contributed by atoms with Crippen LogP contribution in [0.4, 0.5) is 0 Å². The van der Waals surface area contributed by atoms with Gasteiger partial charge in [-0.1, -0.05) is 32.0 Å². The molecule has 0 aromatic heterocycles. The summed E-state index contributed by atoms with van der Waals surface area (Å²) >= 11 is 2.00. The van der Waals surface area contributed by atoms with Crippen molar-refractivity contribution in [1.29, 1.82) is 0 Å². The van der Waals surface area contributed by atoms with Crippen LogP contribution in [0.25, 0.3) is 0 Å². The first kappa shape index (κ1) is 11.0. The Morgan fingerprint density at radius 1 is 1.40 bits per heavy atom. The summed E-state index contributed by atoms with van der Waals surface area (Å²) in [6.07, 6.45) is 2.33. The van der Waals surface area contributed by atoms with Crippen LogP contribution >= 0.6 is 11.8 Å². The van der Waals surface area contributed by atoms with Gasteiger partial charge in [0.1, 0.15) is 0 Å². The van der Waals surface area contributed by atoms with Gasteiger partial charge in [-0.3, -0.25) is 0 Å². The zero-order valence-corrected chi connectivity index (χ0v) is 10.3. The maximum Gasteiger partial charge on any atom is 0.0150 e. The lowest BCUT2D eigenvalue weighted by Crippen LogP contribution is -2.29. The van der Waals surface area contributed by atoms with Gasteiger partial charge in [-0.05, 0) is 30.4 Å². The van der Waals surface area contributed by atoms with E-state index in [0.29, 0.717) is 17.2 Å². The maximum atomic E-state index is 6.12. The number of nitrogens with two attached hydrogens (primary N) is 1. The standard InChI is InChI=1S/C13H19NS/c1-9(2)12(14)8-11-7-10-5-3-4-6-13(10)15-11/h3-6,9,11-12H,7-8,14H2,1-2H3. The molecule has 1 heterocycles. The van der Waals surface area contributed by atoms with Gasteiger partial charge in [0.05, 0.1) is 0 Å². The minimum atomic E-state index is 0.344. The lowest BCUT2D eigenvalue weighted by atomic mass is 9.97. The van der Waals surface area contributed by atoms with Gasteiger partial charge >= 0.3 is 0 Å². The zero-order valence-electron chi connectivity index (χ0n) is 9.44. The van der Waals surface area contributed by atoms with E-state index in [1.54, 1.807) is 0 Å². The van der Waals surface area contributed by atoms with Crippen molar-refractivity contribution < 1.29 is 0 Å². The summed E-state index contributed by atoms with van der Waals surface area (Å²) in [4.78, 5) is 1.46. The molecule has 1 nitrogen and oxygen atoms in total. The second-order valence-electron chi connectivity index (χ2n) is 4.70. The molecule has 2 N–H and O–H groups in total. The van der Waals surface area contributed by atoms with Crippen LogP contribution in [-0.4, -0.2) is 11.3 Å². The third kappa shape index (κ3) is 2.56. The molecule has 0 fully saturated rings. The minimum absolute atomic E-state index is 0.344. The highest BCUT2D eigenvalue weighted by molar-refractivity contribution is 8.00. The summed E-state index contributed by atoms with van der Waals surface area (Å²) in [5, 5.41) is 0.694. The lowest BCUT2D eigenvalue weighted by molar-refractivity contribution is 0.459. The quantitative estimate of drug-likeness (QED) is 0.849. The van der Waals surface area contributed by atoms with Crippen LogP contribution in [-0.2, 0) is 6.42 Å². The first-order valence-electron chi connectivity index (χ1n) is 5.67. The molecule has 2 unspecified atom stereocenters. The van der Waals surface area contributed by atoms with Gasteiger partial charge in [-0.15, -0.1) is 11.8 Å². The van der Waals surface area contributed by atoms with E-state index in [1.807, 2.05) is 11.8 Å². The molecule has 1 aromatic carbocycles. The molecule has 15 heavy (non-hydrogen) atoms. The number of rotatable bonds is 3. The Bertz CT molecular complexity index is 310. The molecule has 0 amide bonds. The summed E-state index contributed by atoms with van der Waals surface area (Å²) < 4.78 is 0. The van der Waals surface area contributed by atoms with Crippen molar-refractivity contribution in [2.75, 3.05) is 0 Å². The first-order chi connectivity index (χ1) is 7.16. The van der Waals surface area contributed by atoms with Gasteiger partial charge in [0.25, 0.3) is 0 Å². The Morgan fingerprint density at radius 2 is 2.13 bits per heavy atom. The number of thioether (sulfide) groups is 1. The lowest BCUT2D eigenvalue weighted by Gasteiger charge is -2.18. The largest absolute Gasteiger partial charge is 0.327 e. The van der Waals surface area contributed by atoms with E-state index in [2.05, 4.69) is 38.1 Å². The van der Waals surface area contributed by atoms with Crippen molar-refractivity contribution in [3.63, 3.8) is 0 Å². The smallest absolute Gasteiger partial charge is 0.0150 e. The molecule has 0 spiro atoms. The third-order valence-electron chi connectivity index (χ3n) is 3.11. The van der Waals surface area contributed by atoms with Gasteiger partial charge in [0.2, 0.25) is 0 Å². The molecule has 0 bridgehead atoms. The Hall–Kier alpha value is -0.470. The second-order valence-corrected chi connectivity index (χ2v) is 6.04. The van der Waals surface area contributed by atoms with Gasteiger partial charge < -0.3 is 5.73 Å². The molecule has 2 heteroatoms. The molecule has 0 saturated carbocycles. The number of hydrogen-bond donors (Lipinski definition) is 1. The van der Waals surface area contributed by atoms with Crippen molar-refractivity contribution in [3.05, 3.63) is 29.8 Å². The second kappa shape index (κ2) is 4.58. The fourth-order valence-corrected chi connectivity index (χ4v) is 3.36. The van der Waals surface area contributed by atoms with E-state index >= 15 is 0 Å². The zero-order chi connectivity index (χ0) is 10.8. The summed E-state index contributed by atoms with van der Waals surface area (Å²) in [6, 6.07) is 9.06. The van der Waals surface area contributed by atoms with Crippen molar-refractivity contribution in [1.82, 2.24) is 0 Å². The topological polar surface area (TPSA) is 26.0 Å². The van der Waals surface area contributed by atoms with Crippen molar-refractivity contribution >= 4 is 11.8 Å². The van der Waals surface area contributed by atoms with Gasteiger partial charge in [-0.25, -0.2) is 0 Å². The normalized spacial score (nSPS) is 21.7. The molecular weight excluding hydrogens is 202 g/mol. The first-order valence-corrected chi connectivity index (χ1v) is 6.55. The Kier molecular flexibility index (Phi) is 3.37. The van der Waals surface area contributed by atoms with Gasteiger partial charge in [0.15, 0.2) is 0 Å². The van der Waals surface area contributed by atoms with Crippen LogP contribution in [0.3, 0.4) is 0 Å². The van der Waals surface area contributed by atoms with E-state index < -0.39 is 0 Å². The van der Waals surface area contributed by atoms with E-state index in [0.717, 1.165) is 6.42 Å². The Labute approximate surface area is 96.4 Å². The van der Waals surface area contributed by atoms with E-state index in [-0.39, 0.29) is 0 Å². The monoisotopic (exact) mass is 221 g/mol. The maximum absolute atomic E-state index is 6.12. The fraction of sp³-hybridized carbons (Fsp3) is 0.538. The SMILES string of the molecule is CC(C)C(N)CC1Cc2ccccc2S1. The summed E-state index contributed by atoms with van der Waals surface area (Å²) in [6.45, 7) is 4.41. The van der Waals surface area contributed by atoms with Crippen molar-refractivity contribution in [2.24, 2.45) is 11.7 Å². The number of benzene rings is 1. The molecule has 82 valence electrons. The highest BCUT2D eigenvalue weighted by Gasteiger charge is 2.24. The van der Waals surface area contributed by atoms with Crippen LogP contribution < -0.4 is 5.73 Å². The van der Waals surface area contributed by atoms with Gasteiger partial charge in [0, 0.05) is 16.2 Å². The van der Waals surface area contributed by atoms with E-state index in [1.165, 1.54) is 16.9 Å². The molecule has 0 saturated heterocycles. The average molecular weight is 221 g/mol. The predicted octanol–water partition coefficient (Wildman–Crippen LogP) is 3.08. The summed E-state index contributed by atoms with van der Waals surface area (Å²) in [7, 11) is 0. The highest BCUT2D eigenvalue weighted by atomic mass is 32.2. The van der Waals surface area contributed by atoms with E-state index in [4.69, 9.17) is 5.73 Å². The Balaban J connectivity index is 1.96. The average Bonchev–Trinajstić information content (AvgIpc) is 2.59. The minimum Gasteiger partial charge on any atom is -0.327 e. The number of hydrogen-bond acceptors (Lipinski definition) is 2. The third-order valence-corrected chi connectivity index (χ3v) is 4.45. The molecule has 0 aliphatic carbocycles. The molecule has 1 aromatic rings. The summed E-state index contributed by atoms with van der Waals surface area (Å²) in [5.74, 6) is 0.592. The molecule has 2 atom stereocenters. The molecule has 0 radical (unpaired) electrons. The highest BCUT2D eigenvalue weighted by Crippen LogP contribution is 2.38. The van der Waals surface area contributed by atoms with E-state index in [9.17, 15) is 0 Å². The van der Waals surface area contributed by atoms with Crippen LogP contribution in [0.1, 0.15) is 25.8 Å². The van der Waals surface area contributed by atoms with Crippen molar-refractivity contribution in [2.45, 2.75) is 42.9 Å². The predicted molar refractivity (Wildman–Crippen MR) is 67.2 cm³/mol. The van der Waals surface area contributed by atoms with Crippen LogP contribution in [0.2, 0.25) is 0 Å². The Morgan fingerprint density at radius 3 is 2.80 bits per heavy atom. The molecule has 1 aliphatic rings.